The van der Waals surface area contributed by atoms with Crippen molar-refractivity contribution in [3.63, 3.8) is 0 Å². The molecule has 0 unspecified atom stereocenters. The van der Waals surface area contributed by atoms with Crippen LogP contribution in [0.2, 0.25) is 0 Å². The summed E-state index contributed by atoms with van der Waals surface area (Å²) in [5, 5.41) is 15.7. The Morgan fingerprint density at radius 3 is 2.67 bits per heavy atom. The van der Waals surface area contributed by atoms with E-state index in [-0.39, 0.29) is 22.3 Å². The van der Waals surface area contributed by atoms with Gasteiger partial charge < -0.3 is 10.3 Å². The van der Waals surface area contributed by atoms with E-state index in [4.69, 9.17) is 0 Å². The number of aromatic amines is 1. The Morgan fingerprint density at radius 1 is 1.15 bits per heavy atom. The molecule has 0 radical (unpaired) electrons. The molecule has 2 aromatic heterocycles. The molecule has 0 bridgehead atoms. The van der Waals surface area contributed by atoms with Crippen LogP contribution in [-0.2, 0) is 12.8 Å². The number of rotatable bonds is 7. The molecule has 0 saturated heterocycles. The number of H-pyrrole nitrogens is 1. The zero-order valence-electron chi connectivity index (χ0n) is 21.3. The predicted octanol–water partition coefficient (Wildman–Crippen LogP) is 6.39. The Morgan fingerprint density at radius 2 is 1.92 bits per heavy atom. The highest BCUT2D eigenvalue weighted by Gasteiger charge is 2.25. The fraction of sp³-hybridized carbons (Fsp3) is 0.214. The summed E-state index contributed by atoms with van der Waals surface area (Å²) in [4.78, 5) is 49.5. The molecule has 4 aromatic rings. The zero-order chi connectivity index (χ0) is 27.5. The number of aromatic nitrogens is 2. The monoisotopic (exact) mass is 559 g/mol. The summed E-state index contributed by atoms with van der Waals surface area (Å²) in [7, 11) is 0. The van der Waals surface area contributed by atoms with Crippen LogP contribution in [0.5, 0.6) is 0 Å². The van der Waals surface area contributed by atoms with Crippen LogP contribution >= 0.6 is 23.1 Å². The van der Waals surface area contributed by atoms with Gasteiger partial charge in [0.05, 0.1) is 15.4 Å². The maximum Gasteiger partial charge on any atom is 0.283 e. The number of anilines is 1. The number of aryl methyl sites for hydroxylation is 3. The third-order valence-corrected chi connectivity index (χ3v) is 8.41. The molecule has 0 spiro atoms. The number of hydrogen-bond acceptors (Lipinski definition) is 8. The van der Waals surface area contributed by atoms with Crippen LogP contribution in [0.4, 0.5) is 16.4 Å². The first-order valence-corrected chi connectivity index (χ1v) is 14.0. The number of carbonyl (C=O) groups excluding carboxylic acids is 1. The van der Waals surface area contributed by atoms with Gasteiger partial charge in [0.2, 0.25) is 0 Å². The zero-order valence-corrected chi connectivity index (χ0v) is 22.9. The van der Waals surface area contributed by atoms with Gasteiger partial charge in [0.1, 0.15) is 5.00 Å². The minimum Gasteiger partial charge on any atom is -0.322 e. The summed E-state index contributed by atoms with van der Waals surface area (Å²) in [6.07, 6.45) is 5.37. The van der Waals surface area contributed by atoms with Crippen LogP contribution in [0.25, 0.3) is 0 Å². The standard InChI is InChI=1S/C28H25N5O4S2/c1-16-7-10-19(11-8-16)31-26(35)25-20-5-3-4-6-22(20)38-27(25)29-15-18-9-12-23(21(14-18)33(36)37)39-28-30-17(2)13-24(34)32-28/h7-15H,3-6H2,1-2H3,(H,31,35)(H,30,32,34). The highest BCUT2D eigenvalue weighted by Crippen LogP contribution is 2.40. The van der Waals surface area contributed by atoms with Crippen molar-refractivity contribution in [3.8, 4) is 0 Å². The van der Waals surface area contributed by atoms with E-state index in [2.05, 4.69) is 20.3 Å². The van der Waals surface area contributed by atoms with Crippen molar-refractivity contribution >= 4 is 51.6 Å². The van der Waals surface area contributed by atoms with Gasteiger partial charge in [0, 0.05) is 34.6 Å². The number of hydrogen-bond donors (Lipinski definition) is 2. The fourth-order valence-corrected chi connectivity index (χ4v) is 6.54. The summed E-state index contributed by atoms with van der Waals surface area (Å²) >= 11 is 2.52. The molecule has 198 valence electrons. The normalized spacial score (nSPS) is 12.9. The van der Waals surface area contributed by atoms with Crippen LogP contribution in [0.15, 0.2) is 68.4 Å². The van der Waals surface area contributed by atoms with Crippen molar-refractivity contribution in [1.29, 1.82) is 0 Å². The first-order valence-electron chi connectivity index (χ1n) is 12.4. The number of fused-ring (bicyclic) bond motifs is 1. The lowest BCUT2D eigenvalue weighted by molar-refractivity contribution is -0.387. The van der Waals surface area contributed by atoms with E-state index in [1.165, 1.54) is 28.3 Å². The minimum absolute atomic E-state index is 0.129. The number of amides is 1. The lowest BCUT2D eigenvalue weighted by Gasteiger charge is -2.13. The lowest BCUT2D eigenvalue weighted by atomic mass is 9.95. The molecule has 9 nitrogen and oxygen atoms in total. The summed E-state index contributed by atoms with van der Waals surface area (Å²) in [6.45, 7) is 3.68. The highest BCUT2D eigenvalue weighted by molar-refractivity contribution is 7.99. The maximum absolute atomic E-state index is 13.4. The molecule has 2 heterocycles. The molecule has 1 aliphatic rings. The molecule has 0 saturated carbocycles. The number of aliphatic imine (C=N–C) groups is 1. The van der Waals surface area contributed by atoms with Crippen LogP contribution in [0.3, 0.4) is 0 Å². The second kappa shape index (κ2) is 11.3. The Bertz CT molecular complexity index is 1660. The van der Waals surface area contributed by atoms with E-state index in [0.717, 1.165) is 48.6 Å². The van der Waals surface area contributed by atoms with Crippen molar-refractivity contribution in [3.05, 3.63) is 102 Å². The average molecular weight is 560 g/mol. The third-order valence-electron chi connectivity index (χ3n) is 6.25. The van der Waals surface area contributed by atoms with Gasteiger partial charge in [-0.3, -0.25) is 19.7 Å². The number of nitro groups is 1. The van der Waals surface area contributed by atoms with Gasteiger partial charge in [-0.1, -0.05) is 23.8 Å². The summed E-state index contributed by atoms with van der Waals surface area (Å²) < 4.78 is 0. The average Bonchev–Trinajstić information content (AvgIpc) is 3.27. The van der Waals surface area contributed by atoms with Crippen LogP contribution in [0, 0.1) is 24.0 Å². The molecule has 2 N–H and O–H groups in total. The van der Waals surface area contributed by atoms with Crippen LogP contribution in [-0.4, -0.2) is 27.0 Å². The molecule has 1 aliphatic carbocycles. The summed E-state index contributed by atoms with van der Waals surface area (Å²) in [5.74, 6) is -0.206. The van der Waals surface area contributed by atoms with Crippen molar-refractivity contribution in [1.82, 2.24) is 9.97 Å². The largest absolute Gasteiger partial charge is 0.322 e. The van der Waals surface area contributed by atoms with E-state index >= 15 is 0 Å². The number of thiophene rings is 1. The van der Waals surface area contributed by atoms with Gasteiger partial charge in [0.25, 0.3) is 17.2 Å². The van der Waals surface area contributed by atoms with Crippen molar-refractivity contribution in [2.24, 2.45) is 4.99 Å². The first-order chi connectivity index (χ1) is 18.8. The third kappa shape index (κ3) is 6.15. The van der Waals surface area contributed by atoms with Crippen molar-refractivity contribution in [2.45, 2.75) is 49.6 Å². The molecular formula is C28H25N5O4S2. The Hall–Kier alpha value is -4.09. The van der Waals surface area contributed by atoms with E-state index in [1.54, 1.807) is 25.3 Å². The molecule has 2 aromatic carbocycles. The number of nitrogens with zero attached hydrogens (tertiary/aromatic N) is 3. The quantitative estimate of drug-likeness (QED) is 0.117. The Labute approximate surface area is 232 Å². The van der Waals surface area contributed by atoms with E-state index < -0.39 is 4.92 Å². The number of carbonyl (C=O) groups is 1. The highest BCUT2D eigenvalue weighted by atomic mass is 32.2. The van der Waals surface area contributed by atoms with Crippen LogP contribution in [0.1, 0.15) is 50.5 Å². The van der Waals surface area contributed by atoms with Crippen molar-refractivity contribution < 1.29 is 9.72 Å². The Balaban J connectivity index is 1.45. The number of nitro benzene ring substituents is 1. The summed E-state index contributed by atoms with van der Waals surface area (Å²) in [5.41, 5.74) is 4.02. The Kier molecular flexibility index (Phi) is 7.71. The maximum atomic E-state index is 13.4. The topological polar surface area (TPSA) is 130 Å². The van der Waals surface area contributed by atoms with E-state index in [1.807, 2.05) is 31.2 Å². The minimum atomic E-state index is -0.474. The van der Waals surface area contributed by atoms with Gasteiger partial charge >= 0.3 is 0 Å². The van der Waals surface area contributed by atoms with E-state index in [9.17, 15) is 19.7 Å². The van der Waals surface area contributed by atoms with Gasteiger partial charge in [-0.2, -0.15) is 0 Å². The number of nitrogens with one attached hydrogen (secondary N) is 2. The molecule has 11 heteroatoms. The van der Waals surface area contributed by atoms with Gasteiger partial charge in [-0.15, -0.1) is 11.3 Å². The molecule has 0 fully saturated rings. The van der Waals surface area contributed by atoms with E-state index in [0.29, 0.717) is 32.4 Å². The fourth-order valence-electron chi connectivity index (χ4n) is 4.39. The van der Waals surface area contributed by atoms with Crippen molar-refractivity contribution in [2.75, 3.05) is 5.32 Å². The second-order valence-electron chi connectivity index (χ2n) is 9.25. The van der Waals surface area contributed by atoms with Crippen LogP contribution < -0.4 is 10.9 Å². The smallest absolute Gasteiger partial charge is 0.283 e. The lowest BCUT2D eigenvalue weighted by Crippen LogP contribution is -2.14. The van der Waals surface area contributed by atoms with Gasteiger partial charge in [-0.25, -0.2) is 9.98 Å². The molecule has 0 atom stereocenters. The predicted molar refractivity (Wildman–Crippen MR) is 154 cm³/mol. The number of benzene rings is 2. The first kappa shape index (κ1) is 26.5. The summed E-state index contributed by atoms with van der Waals surface area (Å²) in [6, 6.07) is 13.7. The van der Waals surface area contributed by atoms with Gasteiger partial charge in [-0.05, 0) is 80.6 Å². The molecular weight excluding hydrogens is 534 g/mol. The molecule has 0 aliphatic heterocycles. The SMILES string of the molecule is Cc1ccc(NC(=O)c2c(N=Cc3ccc(Sc4nc(C)cc(=O)[nH]4)c([N+](=O)[O-])c3)sc3c2CCCC3)cc1. The van der Waals surface area contributed by atoms with Gasteiger partial charge in [0.15, 0.2) is 5.16 Å². The second-order valence-corrected chi connectivity index (χ2v) is 11.4. The molecule has 1 amide bonds. The molecule has 5 rings (SSSR count). The molecule has 39 heavy (non-hydrogen) atoms.